The lowest BCUT2D eigenvalue weighted by Gasteiger charge is -2.42. The van der Waals surface area contributed by atoms with Gasteiger partial charge in [0.05, 0.1) is 12.7 Å². The number of rotatable bonds is 5. The SMILES string of the molecule is COc1ccc(CC2(O)CCN(CC34CC(c5ccccc53)c3ccccc34)CC2)cc1. The molecule has 0 aromatic heterocycles. The molecule has 164 valence electrons. The van der Waals surface area contributed by atoms with E-state index in [1.807, 2.05) is 12.1 Å². The number of nitrogens with zero attached hydrogens (tertiary/aromatic N) is 1. The van der Waals surface area contributed by atoms with Crippen LogP contribution in [-0.4, -0.2) is 42.4 Å². The molecule has 32 heavy (non-hydrogen) atoms. The Morgan fingerprint density at radius 3 is 2.06 bits per heavy atom. The van der Waals surface area contributed by atoms with Gasteiger partial charge in [0.1, 0.15) is 5.75 Å². The van der Waals surface area contributed by atoms with Gasteiger partial charge in [0, 0.05) is 37.4 Å². The highest BCUT2D eigenvalue weighted by Crippen LogP contribution is 2.60. The van der Waals surface area contributed by atoms with Gasteiger partial charge in [-0.2, -0.15) is 0 Å². The number of aliphatic hydroxyl groups is 1. The maximum Gasteiger partial charge on any atom is 0.118 e. The second-order valence-electron chi connectivity index (χ2n) is 10.0. The smallest absolute Gasteiger partial charge is 0.118 e. The summed E-state index contributed by atoms with van der Waals surface area (Å²) in [5.41, 5.74) is 6.78. The number of hydrogen-bond donors (Lipinski definition) is 1. The van der Waals surface area contributed by atoms with Gasteiger partial charge >= 0.3 is 0 Å². The van der Waals surface area contributed by atoms with E-state index in [9.17, 15) is 5.11 Å². The number of likely N-dealkylation sites (tertiary alicyclic amines) is 1. The summed E-state index contributed by atoms with van der Waals surface area (Å²) in [4.78, 5) is 2.60. The summed E-state index contributed by atoms with van der Waals surface area (Å²) in [6, 6.07) is 26.3. The molecule has 0 unspecified atom stereocenters. The minimum absolute atomic E-state index is 0.100. The van der Waals surface area contributed by atoms with Gasteiger partial charge in [0.25, 0.3) is 0 Å². The molecule has 0 atom stereocenters. The minimum atomic E-state index is -0.619. The zero-order valence-electron chi connectivity index (χ0n) is 18.8. The Kier molecular flexibility index (Phi) is 4.67. The molecular formula is C29H31NO2. The molecule has 1 aliphatic heterocycles. The van der Waals surface area contributed by atoms with Crippen LogP contribution in [0.4, 0.5) is 0 Å². The summed E-state index contributed by atoms with van der Waals surface area (Å²) in [7, 11) is 1.69. The molecule has 0 spiro atoms. The molecule has 0 amide bonds. The fourth-order valence-electron chi connectivity index (χ4n) is 6.62. The van der Waals surface area contributed by atoms with Gasteiger partial charge in [0.2, 0.25) is 0 Å². The van der Waals surface area contributed by atoms with Crippen molar-refractivity contribution in [2.45, 2.75) is 42.6 Å². The molecule has 1 heterocycles. The zero-order chi connectivity index (χ0) is 21.8. The van der Waals surface area contributed by atoms with Crippen LogP contribution < -0.4 is 4.74 Å². The third kappa shape index (κ3) is 3.10. The van der Waals surface area contributed by atoms with Crippen LogP contribution in [0.25, 0.3) is 0 Å². The normalized spacial score (nSPS) is 25.4. The number of methoxy groups -OCH3 is 1. The average Bonchev–Trinajstić information content (AvgIpc) is 3.34. The van der Waals surface area contributed by atoms with Crippen molar-refractivity contribution in [3.63, 3.8) is 0 Å². The van der Waals surface area contributed by atoms with Gasteiger partial charge in [0.15, 0.2) is 0 Å². The molecular weight excluding hydrogens is 394 g/mol. The molecule has 3 heteroatoms. The van der Waals surface area contributed by atoms with Crippen LogP contribution in [0, 0.1) is 0 Å². The first-order valence-corrected chi connectivity index (χ1v) is 11.9. The van der Waals surface area contributed by atoms with E-state index in [1.165, 1.54) is 34.2 Å². The second kappa shape index (κ2) is 7.47. The van der Waals surface area contributed by atoms with Gasteiger partial charge in [-0.05, 0) is 59.2 Å². The molecule has 1 saturated heterocycles. The van der Waals surface area contributed by atoms with Crippen molar-refractivity contribution in [1.29, 1.82) is 0 Å². The van der Waals surface area contributed by atoms with Crippen LogP contribution in [0.3, 0.4) is 0 Å². The number of fused-ring (bicyclic) bond motifs is 8. The fourth-order valence-corrected chi connectivity index (χ4v) is 6.62. The van der Waals surface area contributed by atoms with Crippen molar-refractivity contribution in [2.24, 2.45) is 0 Å². The Morgan fingerprint density at radius 2 is 1.47 bits per heavy atom. The lowest BCUT2D eigenvalue weighted by atomic mass is 9.74. The lowest BCUT2D eigenvalue weighted by Crippen LogP contribution is -2.49. The van der Waals surface area contributed by atoms with E-state index in [1.54, 1.807) is 7.11 Å². The Balaban J connectivity index is 1.20. The summed E-state index contributed by atoms with van der Waals surface area (Å²) >= 11 is 0. The second-order valence-corrected chi connectivity index (χ2v) is 10.0. The standard InChI is InChI=1S/C29H31NO2/c1-32-22-12-10-21(11-13-22)18-28(31)14-16-30(17-15-28)20-29-19-25(23-6-2-4-8-26(23)29)24-7-3-5-9-27(24)29/h2-13,25,31H,14-20H2,1H3. The highest BCUT2D eigenvalue weighted by atomic mass is 16.5. The van der Waals surface area contributed by atoms with Gasteiger partial charge < -0.3 is 14.7 Å². The van der Waals surface area contributed by atoms with Gasteiger partial charge in [-0.25, -0.2) is 0 Å². The van der Waals surface area contributed by atoms with Gasteiger partial charge in [-0.15, -0.1) is 0 Å². The van der Waals surface area contributed by atoms with Crippen molar-refractivity contribution in [2.75, 3.05) is 26.7 Å². The number of benzene rings is 3. The predicted molar refractivity (Wildman–Crippen MR) is 127 cm³/mol. The lowest BCUT2D eigenvalue weighted by molar-refractivity contribution is -0.0237. The van der Waals surface area contributed by atoms with E-state index >= 15 is 0 Å². The fraction of sp³-hybridized carbons (Fsp3) is 0.379. The Bertz CT molecular complexity index is 1080. The molecule has 3 nitrogen and oxygen atoms in total. The van der Waals surface area contributed by atoms with Crippen molar-refractivity contribution >= 4 is 0 Å². The van der Waals surface area contributed by atoms with Gasteiger partial charge in [-0.1, -0.05) is 60.7 Å². The van der Waals surface area contributed by atoms with Crippen LogP contribution in [-0.2, 0) is 11.8 Å². The van der Waals surface area contributed by atoms with E-state index in [0.29, 0.717) is 12.3 Å². The van der Waals surface area contributed by atoms with E-state index in [-0.39, 0.29) is 5.41 Å². The molecule has 1 N–H and O–H groups in total. The molecule has 6 rings (SSSR count). The van der Waals surface area contributed by atoms with E-state index in [2.05, 4.69) is 65.6 Å². The largest absolute Gasteiger partial charge is 0.497 e. The quantitative estimate of drug-likeness (QED) is 0.631. The Labute approximate surface area is 190 Å². The summed E-state index contributed by atoms with van der Waals surface area (Å²) in [6.45, 7) is 2.95. The van der Waals surface area contributed by atoms with Crippen LogP contribution in [0.2, 0.25) is 0 Å². The van der Waals surface area contributed by atoms with Crippen molar-refractivity contribution in [3.05, 3.63) is 101 Å². The summed E-state index contributed by atoms with van der Waals surface area (Å²) < 4.78 is 5.27. The molecule has 2 aliphatic carbocycles. The van der Waals surface area contributed by atoms with Crippen molar-refractivity contribution in [3.8, 4) is 5.75 Å². The van der Waals surface area contributed by atoms with Crippen LogP contribution in [0.1, 0.15) is 53.0 Å². The first-order valence-electron chi connectivity index (χ1n) is 11.9. The number of hydrogen-bond acceptors (Lipinski definition) is 3. The minimum Gasteiger partial charge on any atom is -0.497 e. The van der Waals surface area contributed by atoms with Crippen LogP contribution in [0.15, 0.2) is 72.8 Å². The Morgan fingerprint density at radius 1 is 0.875 bits per heavy atom. The summed E-state index contributed by atoms with van der Waals surface area (Å²) in [5.74, 6) is 1.40. The predicted octanol–water partition coefficient (Wildman–Crippen LogP) is 4.90. The Hall–Kier alpha value is -2.62. The molecule has 0 saturated carbocycles. The average molecular weight is 426 g/mol. The number of ether oxygens (including phenoxy) is 1. The maximum atomic E-state index is 11.3. The molecule has 3 aliphatic rings. The van der Waals surface area contributed by atoms with E-state index in [0.717, 1.165) is 38.2 Å². The molecule has 0 radical (unpaired) electrons. The van der Waals surface area contributed by atoms with Crippen molar-refractivity contribution in [1.82, 2.24) is 4.90 Å². The third-order valence-electron chi connectivity index (χ3n) is 8.23. The van der Waals surface area contributed by atoms with Crippen LogP contribution >= 0.6 is 0 Å². The maximum absolute atomic E-state index is 11.3. The first-order chi connectivity index (χ1) is 15.6. The zero-order valence-corrected chi connectivity index (χ0v) is 18.8. The summed E-state index contributed by atoms with van der Waals surface area (Å²) in [5, 5.41) is 11.3. The van der Waals surface area contributed by atoms with Crippen LogP contribution in [0.5, 0.6) is 5.75 Å². The molecule has 3 aromatic rings. The highest BCUT2D eigenvalue weighted by molar-refractivity contribution is 5.62. The highest BCUT2D eigenvalue weighted by Gasteiger charge is 2.53. The molecule has 1 fully saturated rings. The third-order valence-corrected chi connectivity index (χ3v) is 8.23. The van der Waals surface area contributed by atoms with E-state index in [4.69, 9.17) is 4.74 Å². The monoisotopic (exact) mass is 425 g/mol. The topological polar surface area (TPSA) is 32.7 Å². The summed E-state index contributed by atoms with van der Waals surface area (Å²) in [6.07, 6.45) is 3.55. The van der Waals surface area contributed by atoms with E-state index < -0.39 is 5.60 Å². The van der Waals surface area contributed by atoms with Gasteiger partial charge in [-0.3, -0.25) is 0 Å². The first kappa shape index (κ1) is 20.0. The number of piperidine rings is 1. The van der Waals surface area contributed by atoms with Crippen molar-refractivity contribution < 1.29 is 9.84 Å². The molecule has 3 aromatic carbocycles. The molecule has 2 bridgehead atoms.